The second-order valence-electron chi connectivity index (χ2n) is 14.6. The number of aliphatic hydroxyl groups is 1. The van der Waals surface area contributed by atoms with E-state index in [1.54, 1.807) is 51.1 Å². The molecular weight excluding hydrogens is 708 g/mol. The van der Waals surface area contributed by atoms with Crippen LogP contribution in [0.15, 0.2) is 54.6 Å². The van der Waals surface area contributed by atoms with Gasteiger partial charge in [0, 0.05) is 64.9 Å². The molecule has 2 aliphatic rings. The van der Waals surface area contributed by atoms with Crippen molar-refractivity contribution in [3.8, 4) is 0 Å². The number of carbonyl (C=O) groups is 7. The lowest BCUT2D eigenvalue weighted by Gasteiger charge is -2.46. The summed E-state index contributed by atoms with van der Waals surface area (Å²) in [5.74, 6) is -8.76. The van der Waals surface area contributed by atoms with E-state index >= 15 is 0 Å². The van der Waals surface area contributed by atoms with E-state index in [1.807, 2.05) is 0 Å². The van der Waals surface area contributed by atoms with Gasteiger partial charge in [-0.15, -0.1) is 0 Å². The molecule has 0 radical (unpaired) electrons. The first-order valence-electron chi connectivity index (χ1n) is 17.4. The van der Waals surface area contributed by atoms with Gasteiger partial charge in [0.25, 0.3) is 0 Å². The normalized spacial score (nSPS) is 32.5. The highest BCUT2D eigenvalue weighted by Crippen LogP contribution is 2.54. The smallest absolute Gasteiger partial charge is 0.338 e. The van der Waals surface area contributed by atoms with E-state index < -0.39 is 113 Å². The minimum atomic E-state index is -2.39. The Morgan fingerprint density at radius 2 is 1.17 bits per heavy atom. The number of fused-ring (bicyclic) bond motifs is 1. The van der Waals surface area contributed by atoms with Gasteiger partial charge in [0.15, 0.2) is 24.4 Å². The zero-order valence-corrected chi connectivity index (χ0v) is 32.2. The first kappa shape index (κ1) is 43.4. The molecule has 15 nitrogen and oxygen atoms in total. The molecule has 0 heterocycles. The Kier molecular flexibility index (Phi) is 13.6. The molecule has 0 spiro atoms. The summed E-state index contributed by atoms with van der Waals surface area (Å²) in [6, 6.07) is 7.75. The van der Waals surface area contributed by atoms with Gasteiger partial charge in [-0.3, -0.25) is 28.8 Å². The number of esters is 7. The molecule has 0 amide bonds. The van der Waals surface area contributed by atoms with Crippen LogP contribution in [0.1, 0.15) is 86.0 Å². The second kappa shape index (κ2) is 17.0. The summed E-state index contributed by atoms with van der Waals surface area (Å²) in [7, 11) is 0. The molecule has 15 heteroatoms. The van der Waals surface area contributed by atoms with Crippen LogP contribution < -0.4 is 0 Å². The van der Waals surface area contributed by atoms with Crippen LogP contribution in [-0.4, -0.2) is 94.7 Å². The van der Waals surface area contributed by atoms with Crippen molar-refractivity contribution >= 4 is 41.8 Å². The minimum Gasteiger partial charge on any atom is -0.459 e. The van der Waals surface area contributed by atoms with Gasteiger partial charge in [0.05, 0.1) is 11.5 Å². The lowest BCUT2D eigenvalue weighted by Crippen LogP contribution is -2.60. The molecule has 1 N–H and O–H groups in total. The van der Waals surface area contributed by atoms with Gasteiger partial charge in [0.2, 0.25) is 0 Å². The van der Waals surface area contributed by atoms with Gasteiger partial charge < -0.3 is 38.3 Å². The predicted molar refractivity (Wildman–Crippen MR) is 188 cm³/mol. The number of rotatable bonds is 8. The Hall–Kier alpha value is -5.05. The second-order valence-corrected chi connectivity index (χ2v) is 14.6. The Morgan fingerprint density at radius 3 is 1.67 bits per heavy atom. The highest BCUT2D eigenvalue weighted by molar-refractivity contribution is 5.89. The van der Waals surface area contributed by atoms with Crippen LogP contribution in [0.25, 0.3) is 0 Å². The van der Waals surface area contributed by atoms with Crippen LogP contribution in [0.3, 0.4) is 0 Å². The largest absolute Gasteiger partial charge is 0.459 e. The third-order valence-electron chi connectivity index (χ3n) is 9.42. The van der Waals surface area contributed by atoms with Crippen molar-refractivity contribution in [3.63, 3.8) is 0 Å². The lowest BCUT2D eigenvalue weighted by molar-refractivity contribution is -0.198. The molecular formula is C39H50O15. The van der Waals surface area contributed by atoms with Crippen LogP contribution in [0, 0.1) is 17.3 Å². The Morgan fingerprint density at radius 1 is 0.667 bits per heavy atom. The van der Waals surface area contributed by atoms with Crippen molar-refractivity contribution in [2.75, 3.05) is 0 Å². The fourth-order valence-corrected chi connectivity index (χ4v) is 7.50. The maximum absolute atomic E-state index is 13.8. The third kappa shape index (κ3) is 9.92. The first-order chi connectivity index (χ1) is 24.9. The van der Waals surface area contributed by atoms with Crippen molar-refractivity contribution < 1.29 is 71.8 Å². The fraction of sp³-hybridized carbons (Fsp3) is 0.564. The zero-order chi connectivity index (χ0) is 40.9. The zero-order valence-electron chi connectivity index (χ0n) is 32.2. The molecule has 10 atom stereocenters. The van der Waals surface area contributed by atoms with E-state index in [0.717, 1.165) is 41.5 Å². The van der Waals surface area contributed by atoms with Crippen molar-refractivity contribution in [3.05, 3.63) is 60.2 Å². The monoisotopic (exact) mass is 758 g/mol. The number of ether oxygens (including phenoxy) is 7. The number of benzene rings is 1. The maximum atomic E-state index is 13.8. The molecule has 0 saturated heterocycles. The molecule has 0 aliphatic heterocycles. The summed E-state index contributed by atoms with van der Waals surface area (Å²) >= 11 is 0. The maximum Gasteiger partial charge on any atom is 0.338 e. The van der Waals surface area contributed by atoms with E-state index in [9.17, 15) is 38.7 Å². The standard InChI is InChI=1S/C39H50O15/c1-20-17-18-37(9,10)35(52-26(7)44)32(50-24(5)42)31(49-23(4)41)21(2)30(48-22(3)40)29-34(53-36(46)28-15-13-12-14-16-28)38(11,54-27(8)45)19-39(29,47)33(20)51-25(6)43/h12-18,20,29-35,47H,2,19H2,1,3-11H3/b18-17+/t20-,29-,30-,31-,32+,33-,34+,35+,38+,39+/m1/s1. The van der Waals surface area contributed by atoms with E-state index in [4.69, 9.17) is 33.2 Å². The molecule has 3 rings (SSSR count). The van der Waals surface area contributed by atoms with Crippen LogP contribution in [0.4, 0.5) is 0 Å². The van der Waals surface area contributed by atoms with Gasteiger partial charge >= 0.3 is 41.8 Å². The first-order valence-corrected chi connectivity index (χ1v) is 17.4. The Balaban J connectivity index is 2.56. The molecule has 1 aromatic carbocycles. The summed E-state index contributed by atoms with van der Waals surface area (Å²) in [6.45, 7) is 16.9. The summed E-state index contributed by atoms with van der Waals surface area (Å²) in [5, 5.41) is 13.2. The van der Waals surface area contributed by atoms with Crippen molar-refractivity contribution in [1.29, 1.82) is 0 Å². The van der Waals surface area contributed by atoms with Crippen molar-refractivity contribution in [2.45, 2.75) is 123 Å². The summed E-state index contributed by atoms with van der Waals surface area (Å²) in [4.78, 5) is 90.5. The SMILES string of the molecule is C=C1[C@@H](OC(C)=O)[C@H](OC(C)=O)[C@H](OC(C)=O)C(C)(C)/C=C/[C@@H](C)[C@@H](OC(C)=O)[C@]2(O)C[C@](C)(OC(C)=O)[C@@H](OC(=O)c3ccccc3)[C@H]2[C@@H]1OC(C)=O. The molecule has 0 bridgehead atoms. The Labute approximate surface area is 314 Å². The Bertz CT molecular complexity index is 1660. The van der Waals surface area contributed by atoms with Crippen molar-refractivity contribution in [1.82, 2.24) is 0 Å². The van der Waals surface area contributed by atoms with Crippen LogP contribution in [0.2, 0.25) is 0 Å². The summed E-state index contributed by atoms with van der Waals surface area (Å²) in [5.41, 5.74) is -5.80. The van der Waals surface area contributed by atoms with E-state index in [0.29, 0.717) is 0 Å². The number of hydrogen-bond donors (Lipinski definition) is 1. The van der Waals surface area contributed by atoms with Crippen molar-refractivity contribution in [2.24, 2.45) is 17.3 Å². The average molecular weight is 759 g/mol. The molecule has 2 aliphatic carbocycles. The highest BCUT2D eigenvalue weighted by atomic mass is 16.6. The van der Waals surface area contributed by atoms with Crippen LogP contribution >= 0.6 is 0 Å². The quantitative estimate of drug-likeness (QED) is 0.228. The van der Waals surface area contributed by atoms with Crippen LogP contribution in [-0.2, 0) is 61.9 Å². The van der Waals surface area contributed by atoms with E-state index in [-0.39, 0.29) is 11.1 Å². The minimum absolute atomic E-state index is 0.0705. The van der Waals surface area contributed by atoms with E-state index in [2.05, 4.69) is 6.58 Å². The lowest BCUT2D eigenvalue weighted by atomic mass is 9.71. The molecule has 54 heavy (non-hydrogen) atoms. The average Bonchev–Trinajstić information content (AvgIpc) is 3.25. The van der Waals surface area contributed by atoms with Gasteiger partial charge in [0.1, 0.15) is 23.4 Å². The molecule has 1 fully saturated rings. The van der Waals surface area contributed by atoms with Gasteiger partial charge in [-0.2, -0.15) is 0 Å². The molecule has 1 saturated carbocycles. The predicted octanol–water partition coefficient (Wildman–Crippen LogP) is 3.73. The third-order valence-corrected chi connectivity index (χ3v) is 9.42. The van der Waals surface area contributed by atoms with Gasteiger partial charge in [-0.25, -0.2) is 4.79 Å². The fourth-order valence-electron chi connectivity index (χ4n) is 7.50. The molecule has 1 aromatic rings. The van der Waals surface area contributed by atoms with E-state index in [1.165, 1.54) is 19.1 Å². The summed E-state index contributed by atoms with van der Waals surface area (Å²) in [6.07, 6.45) is -7.30. The highest BCUT2D eigenvalue weighted by Gasteiger charge is 2.70. The van der Waals surface area contributed by atoms with Gasteiger partial charge in [-0.05, 0) is 19.1 Å². The molecule has 296 valence electrons. The molecule has 0 unspecified atom stereocenters. The topological polar surface area (TPSA) is 204 Å². The number of carbonyl (C=O) groups excluding carboxylic acids is 7. The summed E-state index contributed by atoms with van der Waals surface area (Å²) < 4.78 is 40.9. The van der Waals surface area contributed by atoms with Crippen LogP contribution in [0.5, 0.6) is 0 Å². The van der Waals surface area contributed by atoms with Gasteiger partial charge in [-0.1, -0.05) is 57.7 Å². The number of hydrogen-bond acceptors (Lipinski definition) is 15. The molecule has 0 aromatic heterocycles.